The highest BCUT2D eigenvalue weighted by Crippen LogP contribution is 2.23. The van der Waals surface area contributed by atoms with Gasteiger partial charge in [0, 0.05) is 12.1 Å². The van der Waals surface area contributed by atoms with Gasteiger partial charge in [-0.3, -0.25) is 0 Å². The monoisotopic (exact) mass is 229 g/mol. The van der Waals surface area contributed by atoms with Gasteiger partial charge in [0.2, 0.25) is 0 Å². The zero-order valence-corrected chi connectivity index (χ0v) is 9.60. The van der Waals surface area contributed by atoms with Crippen LogP contribution in [-0.4, -0.2) is 16.4 Å². The summed E-state index contributed by atoms with van der Waals surface area (Å²) in [6.07, 6.45) is 0.911. The van der Waals surface area contributed by atoms with Gasteiger partial charge in [0.15, 0.2) is 0 Å². The Morgan fingerprint density at radius 2 is 2.12 bits per heavy atom. The van der Waals surface area contributed by atoms with Crippen molar-refractivity contribution < 1.29 is 4.74 Å². The van der Waals surface area contributed by atoms with E-state index in [0.717, 1.165) is 30.1 Å². The summed E-state index contributed by atoms with van der Waals surface area (Å²) in [6, 6.07) is 10.1. The Hall–Kier alpha value is -1.65. The molecule has 1 aromatic carbocycles. The summed E-state index contributed by atoms with van der Waals surface area (Å²) in [7, 11) is 0. The molecule has 2 heterocycles. The lowest BCUT2D eigenvalue weighted by atomic mass is 10.1. The maximum Gasteiger partial charge on any atom is 0.0892 e. The summed E-state index contributed by atoms with van der Waals surface area (Å²) in [5, 5.41) is 4.59. The van der Waals surface area contributed by atoms with E-state index in [1.54, 1.807) is 0 Å². The third-order valence-corrected chi connectivity index (χ3v) is 3.10. The van der Waals surface area contributed by atoms with Gasteiger partial charge in [0.1, 0.15) is 0 Å². The zero-order chi connectivity index (χ0) is 11.7. The van der Waals surface area contributed by atoms with Crippen LogP contribution in [0.2, 0.25) is 0 Å². The smallest absolute Gasteiger partial charge is 0.0892 e. The molecule has 4 heteroatoms. The molecule has 2 N–H and O–H groups in total. The molecule has 1 aliphatic rings. The maximum absolute atomic E-state index is 5.75. The second-order valence-electron chi connectivity index (χ2n) is 4.13. The Labute approximate surface area is 100 Å². The van der Waals surface area contributed by atoms with E-state index in [4.69, 9.17) is 10.5 Å². The minimum atomic E-state index is 0.488. The summed E-state index contributed by atoms with van der Waals surface area (Å²) >= 11 is 0. The van der Waals surface area contributed by atoms with Crippen molar-refractivity contribution in [2.75, 3.05) is 6.61 Å². The predicted octanol–water partition coefficient (Wildman–Crippen LogP) is 1.40. The Balaban J connectivity index is 2.14. The molecule has 3 rings (SSSR count). The van der Waals surface area contributed by atoms with Gasteiger partial charge in [0.25, 0.3) is 0 Å². The largest absolute Gasteiger partial charge is 0.375 e. The second kappa shape index (κ2) is 4.31. The van der Waals surface area contributed by atoms with E-state index in [9.17, 15) is 0 Å². The van der Waals surface area contributed by atoms with Crippen LogP contribution >= 0.6 is 0 Å². The standard InChI is InChI=1S/C13H15N3O/c14-8-12-11-6-7-17-9-13(11)16(15-12)10-4-2-1-3-5-10/h1-5H,6-9,14H2. The van der Waals surface area contributed by atoms with E-state index in [1.165, 1.54) is 5.56 Å². The molecule has 0 atom stereocenters. The molecule has 2 aromatic rings. The number of ether oxygens (including phenoxy) is 1. The molecule has 88 valence electrons. The number of hydrogen-bond acceptors (Lipinski definition) is 3. The van der Waals surface area contributed by atoms with Crippen LogP contribution in [0.5, 0.6) is 0 Å². The van der Waals surface area contributed by atoms with Crippen LogP contribution in [0.25, 0.3) is 5.69 Å². The highest BCUT2D eigenvalue weighted by atomic mass is 16.5. The SMILES string of the molecule is NCc1nn(-c2ccccc2)c2c1CCOC2. The molecule has 4 nitrogen and oxygen atoms in total. The molecule has 1 aliphatic heterocycles. The molecule has 1 aromatic heterocycles. The van der Waals surface area contributed by atoms with E-state index < -0.39 is 0 Å². The number of hydrogen-bond donors (Lipinski definition) is 1. The molecule has 0 radical (unpaired) electrons. The first-order valence-electron chi connectivity index (χ1n) is 5.83. The van der Waals surface area contributed by atoms with Crippen LogP contribution in [0.4, 0.5) is 0 Å². The van der Waals surface area contributed by atoms with Gasteiger partial charge in [-0.05, 0) is 18.6 Å². The average molecular weight is 229 g/mol. The minimum absolute atomic E-state index is 0.488. The number of rotatable bonds is 2. The molecule has 0 saturated carbocycles. The van der Waals surface area contributed by atoms with E-state index in [-0.39, 0.29) is 0 Å². The van der Waals surface area contributed by atoms with Gasteiger partial charge >= 0.3 is 0 Å². The summed E-state index contributed by atoms with van der Waals surface area (Å²) in [6.45, 7) is 1.87. The fourth-order valence-electron chi connectivity index (χ4n) is 2.26. The van der Waals surface area contributed by atoms with Crippen LogP contribution in [0.15, 0.2) is 30.3 Å². The lowest BCUT2D eigenvalue weighted by Crippen LogP contribution is -2.13. The molecule has 0 unspecified atom stereocenters. The number of fused-ring (bicyclic) bond motifs is 1. The summed E-state index contributed by atoms with van der Waals surface area (Å²) in [5.41, 5.74) is 10.2. The van der Waals surface area contributed by atoms with Crippen molar-refractivity contribution in [2.24, 2.45) is 5.73 Å². The van der Waals surface area contributed by atoms with Crippen molar-refractivity contribution in [3.8, 4) is 5.69 Å². The van der Waals surface area contributed by atoms with E-state index in [0.29, 0.717) is 13.2 Å². The Morgan fingerprint density at radius 3 is 2.88 bits per heavy atom. The van der Waals surface area contributed by atoms with Gasteiger partial charge in [-0.2, -0.15) is 5.10 Å². The highest BCUT2D eigenvalue weighted by molar-refractivity contribution is 5.38. The molecular formula is C13H15N3O. The Morgan fingerprint density at radius 1 is 1.29 bits per heavy atom. The summed E-state index contributed by atoms with van der Waals surface area (Å²) in [5.74, 6) is 0. The van der Waals surface area contributed by atoms with Crippen molar-refractivity contribution in [3.05, 3.63) is 47.3 Å². The van der Waals surface area contributed by atoms with Gasteiger partial charge in [0.05, 0.1) is 30.3 Å². The molecule has 0 aliphatic carbocycles. The number of nitrogens with two attached hydrogens (primary N) is 1. The van der Waals surface area contributed by atoms with Crippen LogP contribution in [0.3, 0.4) is 0 Å². The molecule has 0 amide bonds. The first kappa shape index (κ1) is 10.5. The molecule has 0 spiro atoms. The normalized spacial score (nSPS) is 14.6. The fourth-order valence-corrected chi connectivity index (χ4v) is 2.26. The number of para-hydroxylation sites is 1. The third-order valence-electron chi connectivity index (χ3n) is 3.10. The van der Waals surface area contributed by atoms with Gasteiger partial charge in [-0.15, -0.1) is 0 Å². The first-order valence-corrected chi connectivity index (χ1v) is 5.83. The van der Waals surface area contributed by atoms with Crippen LogP contribution in [-0.2, 0) is 24.3 Å². The lowest BCUT2D eigenvalue weighted by molar-refractivity contribution is 0.106. The number of nitrogens with zero attached hydrogens (tertiary/aromatic N) is 2. The van der Waals surface area contributed by atoms with Crippen LogP contribution < -0.4 is 5.73 Å². The molecule has 0 fully saturated rings. The quantitative estimate of drug-likeness (QED) is 0.847. The summed E-state index contributed by atoms with van der Waals surface area (Å²) in [4.78, 5) is 0. The molecule has 17 heavy (non-hydrogen) atoms. The lowest BCUT2D eigenvalue weighted by Gasteiger charge is -2.14. The average Bonchev–Trinajstić information content (AvgIpc) is 2.78. The Kier molecular flexibility index (Phi) is 2.66. The third kappa shape index (κ3) is 1.75. The fraction of sp³-hybridized carbons (Fsp3) is 0.308. The Bertz CT molecular complexity index is 519. The number of benzene rings is 1. The maximum atomic E-state index is 5.75. The number of aromatic nitrogens is 2. The van der Waals surface area contributed by atoms with Gasteiger partial charge in [-0.25, -0.2) is 4.68 Å². The van der Waals surface area contributed by atoms with Crippen molar-refractivity contribution in [3.63, 3.8) is 0 Å². The minimum Gasteiger partial charge on any atom is -0.375 e. The van der Waals surface area contributed by atoms with Crippen molar-refractivity contribution in [2.45, 2.75) is 19.6 Å². The van der Waals surface area contributed by atoms with Gasteiger partial charge in [-0.1, -0.05) is 18.2 Å². The van der Waals surface area contributed by atoms with E-state index in [2.05, 4.69) is 5.10 Å². The van der Waals surface area contributed by atoms with Crippen molar-refractivity contribution >= 4 is 0 Å². The first-order chi connectivity index (χ1) is 8.40. The van der Waals surface area contributed by atoms with Crippen LogP contribution in [0.1, 0.15) is 17.0 Å². The van der Waals surface area contributed by atoms with E-state index >= 15 is 0 Å². The molecule has 0 saturated heterocycles. The summed E-state index contributed by atoms with van der Waals surface area (Å²) < 4.78 is 7.47. The van der Waals surface area contributed by atoms with Crippen molar-refractivity contribution in [1.82, 2.24) is 9.78 Å². The zero-order valence-electron chi connectivity index (χ0n) is 9.60. The molecular weight excluding hydrogens is 214 g/mol. The predicted molar refractivity (Wildman–Crippen MR) is 64.8 cm³/mol. The second-order valence-corrected chi connectivity index (χ2v) is 4.13. The highest BCUT2D eigenvalue weighted by Gasteiger charge is 2.20. The topological polar surface area (TPSA) is 53.1 Å². The molecule has 0 bridgehead atoms. The van der Waals surface area contributed by atoms with Crippen LogP contribution in [0, 0.1) is 0 Å². The van der Waals surface area contributed by atoms with Gasteiger partial charge < -0.3 is 10.5 Å². The van der Waals surface area contributed by atoms with Crippen molar-refractivity contribution in [1.29, 1.82) is 0 Å². The van der Waals surface area contributed by atoms with E-state index in [1.807, 2.05) is 35.0 Å².